The highest BCUT2D eigenvalue weighted by molar-refractivity contribution is 5.82. The third-order valence-corrected chi connectivity index (χ3v) is 4.70. The minimum absolute atomic E-state index is 0.0771. The van der Waals surface area contributed by atoms with E-state index in [0.717, 1.165) is 12.2 Å². The summed E-state index contributed by atoms with van der Waals surface area (Å²) in [5.74, 6) is -4.18. The Balaban J connectivity index is 2.86. The molecule has 9 heteroatoms. The van der Waals surface area contributed by atoms with Gasteiger partial charge in [-0.15, -0.1) is 0 Å². The van der Waals surface area contributed by atoms with E-state index < -0.39 is 42.0 Å². The van der Waals surface area contributed by atoms with Gasteiger partial charge in [-0.25, -0.2) is 9.59 Å². The SMILES string of the molecule is C=CC(=O)OC(=C)OC(=O)C(CCC(=O)OC(OC(=O)C=C)c1ccccc1)CN(CC)CC. The fourth-order valence-corrected chi connectivity index (χ4v) is 2.84. The second-order valence-corrected chi connectivity index (χ2v) is 7.01. The van der Waals surface area contributed by atoms with Crippen LogP contribution in [0, 0.1) is 5.92 Å². The van der Waals surface area contributed by atoms with Crippen molar-refractivity contribution in [3.63, 3.8) is 0 Å². The van der Waals surface area contributed by atoms with Crippen LogP contribution in [0.15, 0.2) is 68.2 Å². The Morgan fingerprint density at radius 2 is 1.56 bits per heavy atom. The number of benzene rings is 1. The summed E-state index contributed by atoms with van der Waals surface area (Å²) in [4.78, 5) is 50.1. The number of esters is 4. The van der Waals surface area contributed by atoms with Gasteiger partial charge in [0, 0.05) is 30.7 Å². The van der Waals surface area contributed by atoms with E-state index in [4.69, 9.17) is 18.9 Å². The number of carbonyl (C=O) groups is 4. The maximum Gasteiger partial charge on any atom is 0.337 e. The van der Waals surface area contributed by atoms with Crippen molar-refractivity contribution in [3.05, 3.63) is 73.7 Å². The summed E-state index contributed by atoms with van der Waals surface area (Å²) in [6.07, 6.45) is 0.532. The molecule has 184 valence electrons. The molecular formula is C25H31NO8. The number of rotatable bonds is 15. The van der Waals surface area contributed by atoms with Crippen LogP contribution in [-0.4, -0.2) is 48.4 Å². The van der Waals surface area contributed by atoms with Crippen molar-refractivity contribution in [1.29, 1.82) is 0 Å². The molecule has 0 radical (unpaired) electrons. The van der Waals surface area contributed by atoms with Gasteiger partial charge in [-0.05, 0) is 26.1 Å². The van der Waals surface area contributed by atoms with E-state index in [-0.39, 0.29) is 12.8 Å². The summed E-state index contributed by atoms with van der Waals surface area (Å²) in [6, 6.07) is 8.47. The first-order chi connectivity index (χ1) is 16.2. The molecule has 0 saturated heterocycles. The first-order valence-electron chi connectivity index (χ1n) is 10.8. The second-order valence-electron chi connectivity index (χ2n) is 7.01. The average Bonchev–Trinajstić information content (AvgIpc) is 2.83. The van der Waals surface area contributed by atoms with Crippen molar-refractivity contribution in [3.8, 4) is 0 Å². The number of nitrogens with zero attached hydrogens (tertiary/aromatic N) is 1. The molecule has 0 aliphatic heterocycles. The van der Waals surface area contributed by atoms with E-state index >= 15 is 0 Å². The molecular weight excluding hydrogens is 442 g/mol. The van der Waals surface area contributed by atoms with Crippen LogP contribution < -0.4 is 0 Å². The Labute approximate surface area is 199 Å². The molecule has 1 aromatic carbocycles. The molecule has 9 nitrogen and oxygen atoms in total. The molecule has 34 heavy (non-hydrogen) atoms. The molecule has 0 fully saturated rings. The zero-order valence-electron chi connectivity index (χ0n) is 19.6. The van der Waals surface area contributed by atoms with Gasteiger partial charge in [-0.2, -0.15) is 0 Å². The second kappa shape index (κ2) is 15.2. The predicted molar refractivity (Wildman–Crippen MR) is 124 cm³/mol. The Hall–Kier alpha value is -3.72. The van der Waals surface area contributed by atoms with Crippen LogP contribution in [0.25, 0.3) is 0 Å². The lowest BCUT2D eigenvalue weighted by Gasteiger charge is -2.24. The zero-order chi connectivity index (χ0) is 25.5. The molecule has 2 atom stereocenters. The highest BCUT2D eigenvalue weighted by Crippen LogP contribution is 2.22. The Morgan fingerprint density at radius 1 is 0.941 bits per heavy atom. The third kappa shape index (κ3) is 10.3. The third-order valence-electron chi connectivity index (χ3n) is 4.70. The zero-order valence-corrected chi connectivity index (χ0v) is 19.6. The topological polar surface area (TPSA) is 108 Å². The van der Waals surface area contributed by atoms with E-state index in [1.165, 1.54) is 0 Å². The van der Waals surface area contributed by atoms with Crippen molar-refractivity contribution in [2.75, 3.05) is 19.6 Å². The monoisotopic (exact) mass is 473 g/mol. The maximum atomic E-state index is 12.7. The van der Waals surface area contributed by atoms with Gasteiger partial charge in [0.25, 0.3) is 12.2 Å². The van der Waals surface area contributed by atoms with Crippen molar-refractivity contribution < 1.29 is 38.1 Å². The predicted octanol–water partition coefficient (Wildman–Crippen LogP) is 3.44. The van der Waals surface area contributed by atoms with E-state index in [2.05, 4.69) is 19.7 Å². The molecule has 0 bridgehead atoms. The number of hydrogen-bond acceptors (Lipinski definition) is 9. The van der Waals surface area contributed by atoms with Crippen LogP contribution in [0.2, 0.25) is 0 Å². The molecule has 0 amide bonds. The minimum atomic E-state index is -1.26. The van der Waals surface area contributed by atoms with Gasteiger partial charge in [0.05, 0.1) is 5.92 Å². The average molecular weight is 474 g/mol. The number of ether oxygens (including phenoxy) is 4. The molecule has 0 aliphatic carbocycles. The van der Waals surface area contributed by atoms with E-state index in [9.17, 15) is 19.2 Å². The highest BCUT2D eigenvalue weighted by Gasteiger charge is 2.27. The summed E-state index contributed by atoms with van der Waals surface area (Å²) in [7, 11) is 0. The summed E-state index contributed by atoms with van der Waals surface area (Å²) in [5, 5.41) is 0. The lowest BCUT2D eigenvalue weighted by Crippen LogP contribution is -2.34. The smallest absolute Gasteiger partial charge is 0.337 e. The van der Waals surface area contributed by atoms with Crippen molar-refractivity contribution in [1.82, 2.24) is 4.90 Å². The molecule has 2 unspecified atom stereocenters. The molecule has 0 heterocycles. The van der Waals surface area contributed by atoms with E-state index in [1.54, 1.807) is 30.3 Å². The first-order valence-corrected chi connectivity index (χ1v) is 10.8. The highest BCUT2D eigenvalue weighted by atomic mass is 16.7. The van der Waals surface area contributed by atoms with Gasteiger partial charge in [-0.3, -0.25) is 9.59 Å². The summed E-state index contributed by atoms with van der Waals surface area (Å²) >= 11 is 0. The summed E-state index contributed by atoms with van der Waals surface area (Å²) in [5.41, 5.74) is 0.463. The van der Waals surface area contributed by atoms with E-state index in [0.29, 0.717) is 25.2 Å². The standard InChI is InChI=1S/C25H31NO8/c1-6-21(27)31-18(5)32-24(30)20(17-26(8-3)9-4)15-16-23(29)34-25(33-22(28)7-2)19-13-11-10-12-14-19/h6-7,10-14,20,25H,1-2,5,8-9,15-17H2,3-4H3. The minimum Gasteiger partial charge on any atom is -0.421 e. The molecule has 0 saturated carbocycles. The molecule has 1 rings (SSSR count). The van der Waals surface area contributed by atoms with Crippen LogP contribution in [0.5, 0.6) is 0 Å². The Morgan fingerprint density at radius 3 is 2.12 bits per heavy atom. The quantitative estimate of drug-likeness (QED) is 0.164. The van der Waals surface area contributed by atoms with Gasteiger partial charge in [0.15, 0.2) is 0 Å². The molecule has 0 N–H and O–H groups in total. The van der Waals surface area contributed by atoms with Crippen molar-refractivity contribution >= 4 is 23.9 Å². The van der Waals surface area contributed by atoms with Crippen LogP contribution in [0.3, 0.4) is 0 Å². The fraction of sp³-hybridized carbons (Fsp3) is 0.360. The van der Waals surface area contributed by atoms with Crippen molar-refractivity contribution in [2.45, 2.75) is 33.0 Å². The van der Waals surface area contributed by atoms with Crippen LogP contribution in [0.4, 0.5) is 0 Å². The van der Waals surface area contributed by atoms with Crippen LogP contribution >= 0.6 is 0 Å². The molecule has 0 spiro atoms. The van der Waals surface area contributed by atoms with Gasteiger partial charge >= 0.3 is 23.9 Å². The molecule has 0 aromatic heterocycles. The number of hydrogen-bond donors (Lipinski definition) is 0. The Bertz CT molecular complexity index is 876. The van der Waals surface area contributed by atoms with Gasteiger partial charge < -0.3 is 23.8 Å². The fourth-order valence-electron chi connectivity index (χ4n) is 2.84. The van der Waals surface area contributed by atoms with Crippen LogP contribution in [-0.2, 0) is 38.1 Å². The lowest BCUT2D eigenvalue weighted by molar-refractivity contribution is -0.186. The maximum absolute atomic E-state index is 12.7. The van der Waals surface area contributed by atoms with Crippen LogP contribution in [0.1, 0.15) is 38.5 Å². The Kier molecular flexibility index (Phi) is 12.6. The van der Waals surface area contributed by atoms with Crippen molar-refractivity contribution in [2.24, 2.45) is 5.92 Å². The largest absolute Gasteiger partial charge is 0.421 e. The molecule has 1 aromatic rings. The number of carbonyl (C=O) groups excluding carboxylic acids is 4. The normalized spacial score (nSPS) is 12.1. The summed E-state index contributed by atoms with van der Waals surface area (Å²) < 4.78 is 20.2. The van der Waals surface area contributed by atoms with Gasteiger partial charge in [0.2, 0.25) is 0 Å². The van der Waals surface area contributed by atoms with Gasteiger partial charge in [0.1, 0.15) is 0 Å². The van der Waals surface area contributed by atoms with E-state index in [1.807, 2.05) is 18.7 Å². The lowest BCUT2D eigenvalue weighted by atomic mass is 10.0. The molecule has 0 aliphatic rings. The van der Waals surface area contributed by atoms with Gasteiger partial charge in [-0.1, -0.05) is 57.3 Å². The summed E-state index contributed by atoms with van der Waals surface area (Å²) in [6.45, 7) is 15.5. The first kappa shape index (κ1) is 28.3.